The maximum absolute atomic E-state index is 9.79. The third kappa shape index (κ3) is 8.18. The molecular formula is C2H6O5S2. The van der Waals surface area contributed by atoms with E-state index >= 15 is 0 Å². The van der Waals surface area contributed by atoms with Crippen molar-refractivity contribution in [3.63, 3.8) is 0 Å². The van der Waals surface area contributed by atoms with Gasteiger partial charge in [-0.1, -0.05) is 0 Å². The second kappa shape index (κ2) is 5.00. The molecule has 0 spiro atoms. The summed E-state index contributed by atoms with van der Waals surface area (Å²) in [7, 11) is 0. The van der Waals surface area contributed by atoms with Crippen LogP contribution in [0.25, 0.3) is 0 Å². The molecule has 0 amide bonds. The largest absolute Gasteiger partial charge is 0.350 e. The molecule has 56 valence electrons. The predicted molar refractivity (Wildman–Crippen MR) is 32.4 cm³/mol. The van der Waals surface area contributed by atoms with E-state index in [0.717, 1.165) is 0 Å². The molecule has 2 unspecified atom stereocenters. The molecule has 0 aliphatic carbocycles. The molecule has 0 aliphatic heterocycles. The molecule has 0 aromatic carbocycles. The van der Waals surface area contributed by atoms with Gasteiger partial charge in [0.1, 0.15) is 11.9 Å². The highest BCUT2D eigenvalue weighted by Crippen LogP contribution is 1.80. The highest BCUT2D eigenvalue weighted by atomic mass is 32.2. The lowest BCUT2D eigenvalue weighted by molar-refractivity contribution is 0.221. The van der Waals surface area contributed by atoms with Crippen LogP contribution in [0.4, 0.5) is 0 Å². The van der Waals surface area contributed by atoms with Gasteiger partial charge >= 0.3 is 0 Å². The van der Waals surface area contributed by atoms with Crippen LogP contribution in [0.5, 0.6) is 0 Å². The lowest BCUT2D eigenvalue weighted by Crippen LogP contribution is -2.05. The average Bonchev–Trinajstić information content (AvgIpc) is 1.63. The smallest absolute Gasteiger partial charge is 0.179 e. The number of ether oxygens (including phenoxy) is 1. The van der Waals surface area contributed by atoms with Gasteiger partial charge in [-0.2, -0.15) is 0 Å². The molecule has 0 radical (unpaired) electrons. The zero-order chi connectivity index (χ0) is 7.28. The van der Waals surface area contributed by atoms with Crippen LogP contribution >= 0.6 is 0 Å². The standard InChI is InChI=1S/C2H6O5S2/c3-8(4)1-7-2-9(5)6/h1-2H2,(H,3,4)(H,5,6). The Labute approximate surface area is 57.0 Å². The fourth-order valence-corrected chi connectivity index (χ4v) is 0.734. The van der Waals surface area contributed by atoms with E-state index < -0.39 is 34.0 Å². The zero-order valence-electron chi connectivity index (χ0n) is 4.35. The highest BCUT2D eigenvalue weighted by Gasteiger charge is 1.95. The predicted octanol–water partition coefficient (Wildman–Crippen LogP) is -0.639. The Morgan fingerprint density at radius 1 is 1.11 bits per heavy atom. The molecule has 0 heterocycles. The van der Waals surface area contributed by atoms with Gasteiger partial charge in [0.2, 0.25) is 0 Å². The van der Waals surface area contributed by atoms with Crippen molar-refractivity contribution >= 4 is 22.2 Å². The van der Waals surface area contributed by atoms with Crippen molar-refractivity contribution in [1.29, 1.82) is 0 Å². The van der Waals surface area contributed by atoms with Crippen LogP contribution in [0, 0.1) is 0 Å². The summed E-state index contributed by atoms with van der Waals surface area (Å²) in [4.78, 5) is 0. The molecule has 0 saturated carbocycles. The summed E-state index contributed by atoms with van der Waals surface area (Å²) in [5.74, 6) is -0.849. The van der Waals surface area contributed by atoms with E-state index in [1.807, 2.05) is 0 Å². The van der Waals surface area contributed by atoms with Crippen molar-refractivity contribution in [2.24, 2.45) is 0 Å². The SMILES string of the molecule is O=S(O)COCS(=O)O. The van der Waals surface area contributed by atoms with Gasteiger partial charge in [0, 0.05) is 0 Å². The molecular weight excluding hydrogens is 168 g/mol. The molecule has 2 N–H and O–H groups in total. The Hall–Kier alpha value is 0.180. The number of hydrogen-bond donors (Lipinski definition) is 2. The van der Waals surface area contributed by atoms with E-state index in [1.165, 1.54) is 0 Å². The first-order valence-corrected chi connectivity index (χ1v) is 4.40. The van der Waals surface area contributed by atoms with E-state index in [4.69, 9.17) is 9.11 Å². The minimum Gasteiger partial charge on any atom is -0.350 e. The Morgan fingerprint density at radius 2 is 1.44 bits per heavy atom. The third-order valence-corrected chi connectivity index (χ3v) is 1.10. The van der Waals surface area contributed by atoms with Crippen LogP contribution in [-0.4, -0.2) is 29.4 Å². The fourth-order valence-electron chi connectivity index (χ4n) is 0.177. The van der Waals surface area contributed by atoms with E-state index in [2.05, 4.69) is 4.74 Å². The van der Waals surface area contributed by atoms with Crippen molar-refractivity contribution in [2.45, 2.75) is 0 Å². The van der Waals surface area contributed by atoms with Gasteiger partial charge in [0.05, 0.1) is 0 Å². The summed E-state index contributed by atoms with van der Waals surface area (Å²) < 4.78 is 39.9. The van der Waals surface area contributed by atoms with Crippen molar-refractivity contribution in [3.05, 3.63) is 0 Å². The van der Waals surface area contributed by atoms with Crippen molar-refractivity contribution in [1.82, 2.24) is 0 Å². The first-order valence-electron chi connectivity index (χ1n) is 1.85. The lowest BCUT2D eigenvalue weighted by atomic mass is 11.5. The summed E-state index contributed by atoms with van der Waals surface area (Å²) in [6, 6.07) is 0. The molecule has 0 aromatic rings. The van der Waals surface area contributed by atoms with Crippen LogP contribution in [0.15, 0.2) is 0 Å². The topological polar surface area (TPSA) is 83.8 Å². The molecule has 0 aromatic heterocycles. The van der Waals surface area contributed by atoms with Gasteiger partial charge < -0.3 is 13.8 Å². The van der Waals surface area contributed by atoms with Crippen LogP contribution in [-0.2, 0) is 26.9 Å². The zero-order valence-corrected chi connectivity index (χ0v) is 5.98. The summed E-state index contributed by atoms with van der Waals surface area (Å²) >= 11 is -4.10. The van der Waals surface area contributed by atoms with E-state index in [9.17, 15) is 8.42 Å². The number of rotatable bonds is 4. The lowest BCUT2D eigenvalue weighted by Gasteiger charge is -1.94. The molecule has 5 nitrogen and oxygen atoms in total. The number of hydrogen-bond acceptors (Lipinski definition) is 3. The van der Waals surface area contributed by atoms with Gasteiger partial charge in [-0.15, -0.1) is 0 Å². The van der Waals surface area contributed by atoms with Crippen LogP contribution in [0.1, 0.15) is 0 Å². The first kappa shape index (κ1) is 9.18. The maximum Gasteiger partial charge on any atom is 0.179 e. The van der Waals surface area contributed by atoms with Crippen molar-refractivity contribution in [2.75, 3.05) is 11.9 Å². The third-order valence-electron chi connectivity index (χ3n) is 0.368. The second-order valence-corrected chi connectivity index (χ2v) is 2.84. The van der Waals surface area contributed by atoms with Gasteiger partial charge in [0.25, 0.3) is 0 Å². The van der Waals surface area contributed by atoms with E-state index in [0.29, 0.717) is 0 Å². The second-order valence-electron chi connectivity index (χ2n) is 1.08. The van der Waals surface area contributed by atoms with Gasteiger partial charge in [0.15, 0.2) is 22.2 Å². The maximum atomic E-state index is 9.79. The Morgan fingerprint density at radius 3 is 1.67 bits per heavy atom. The van der Waals surface area contributed by atoms with Gasteiger partial charge in [-0.25, -0.2) is 8.42 Å². The molecule has 0 bridgehead atoms. The molecule has 0 rings (SSSR count). The summed E-state index contributed by atoms with van der Waals surface area (Å²) in [5.41, 5.74) is 0. The Kier molecular flexibility index (Phi) is 5.10. The van der Waals surface area contributed by atoms with Crippen molar-refractivity contribution < 1.29 is 22.3 Å². The molecule has 7 heteroatoms. The highest BCUT2D eigenvalue weighted by molar-refractivity contribution is 7.79. The van der Waals surface area contributed by atoms with Crippen LogP contribution in [0.3, 0.4) is 0 Å². The molecule has 0 saturated heterocycles. The fraction of sp³-hybridized carbons (Fsp3) is 1.00. The van der Waals surface area contributed by atoms with E-state index in [-0.39, 0.29) is 0 Å². The quantitative estimate of drug-likeness (QED) is 0.554. The molecule has 2 atom stereocenters. The summed E-state index contributed by atoms with van der Waals surface area (Å²) in [6.07, 6.45) is 0. The van der Waals surface area contributed by atoms with Crippen LogP contribution in [0.2, 0.25) is 0 Å². The van der Waals surface area contributed by atoms with E-state index in [1.54, 1.807) is 0 Å². The normalized spacial score (nSPS) is 17.1. The Balaban J connectivity index is 3.10. The summed E-state index contributed by atoms with van der Waals surface area (Å²) in [5, 5.41) is 0. The van der Waals surface area contributed by atoms with Gasteiger partial charge in [-0.3, -0.25) is 0 Å². The minimum absolute atomic E-state index is 0.424. The monoisotopic (exact) mass is 174 g/mol. The van der Waals surface area contributed by atoms with Crippen molar-refractivity contribution in [3.8, 4) is 0 Å². The first-order chi connectivity index (χ1) is 4.13. The minimum atomic E-state index is -2.05. The molecule has 9 heavy (non-hydrogen) atoms. The molecule has 0 aliphatic rings. The molecule has 0 fully saturated rings. The average molecular weight is 174 g/mol. The Bertz CT molecular complexity index is 108. The van der Waals surface area contributed by atoms with Crippen LogP contribution < -0.4 is 0 Å². The van der Waals surface area contributed by atoms with Gasteiger partial charge in [-0.05, 0) is 0 Å². The summed E-state index contributed by atoms with van der Waals surface area (Å²) in [6.45, 7) is 0.